The number of nitrogens with one attached hydrogen (secondary N) is 1. The minimum Gasteiger partial charge on any atom is -0.324 e. The standard InChI is InChI=1S/C13H15NOS/c1-9-4-5-11-10(8-9)14-12(15)13(16-11)6-2-3-7-13/h4-5,8H,2-3,6-7H2,1H3,(H,14,15). The normalized spacial score (nSPS) is 21.9. The van der Waals surface area contributed by atoms with Crippen LogP contribution in [0, 0.1) is 6.92 Å². The van der Waals surface area contributed by atoms with Crippen molar-refractivity contribution in [3.8, 4) is 0 Å². The van der Waals surface area contributed by atoms with Gasteiger partial charge in [0.05, 0.1) is 10.4 Å². The largest absolute Gasteiger partial charge is 0.324 e. The fourth-order valence-corrected chi connectivity index (χ4v) is 4.01. The SMILES string of the molecule is Cc1ccc2c(c1)NC(=O)C1(CCCC1)S2. The Hall–Kier alpha value is -0.960. The van der Waals surface area contributed by atoms with E-state index < -0.39 is 0 Å². The fraction of sp³-hybridized carbons (Fsp3) is 0.462. The van der Waals surface area contributed by atoms with Gasteiger partial charge in [0.1, 0.15) is 0 Å². The van der Waals surface area contributed by atoms with Gasteiger partial charge >= 0.3 is 0 Å². The summed E-state index contributed by atoms with van der Waals surface area (Å²) in [6.07, 6.45) is 4.41. The van der Waals surface area contributed by atoms with Gasteiger partial charge in [-0.1, -0.05) is 18.9 Å². The summed E-state index contributed by atoms with van der Waals surface area (Å²) in [5.41, 5.74) is 2.19. The molecule has 1 aromatic carbocycles. The summed E-state index contributed by atoms with van der Waals surface area (Å²) in [6, 6.07) is 6.31. The maximum atomic E-state index is 12.2. The van der Waals surface area contributed by atoms with E-state index in [2.05, 4.69) is 30.4 Å². The fourth-order valence-electron chi connectivity index (χ4n) is 2.60. The molecule has 2 aliphatic rings. The number of amides is 1. The van der Waals surface area contributed by atoms with Crippen LogP contribution in [0.15, 0.2) is 23.1 Å². The van der Waals surface area contributed by atoms with Crippen LogP contribution in [0.1, 0.15) is 31.2 Å². The molecule has 16 heavy (non-hydrogen) atoms. The Morgan fingerprint density at radius 2 is 2.06 bits per heavy atom. The Labute approximate surface area is 99.8 Å². The van der Waals surface area contributed by atoms with E-state index in [-0.39, 0.29) is 10.7 Å². The summed E-state index contributed by atoms with van der Waals surface area (Å²) in [4.78, 5) is 13.4. The first-order valence-corrected chi connectivity index (χ1v) is 6.62. The molecule has 0 bridgehead atoms. The summed E-state index contributed by atoms with van der Waals surface area (Å²) in [5.74, 6) is 0.216. The molecule has 0 atom stereocenters. The molecule has 3 heteroatoms. The number of carbonyl (C=O) groups excluding carboxylic acids is 1. The summed E-state index contributed by atoms with van der Waals surface area (Å²) in [7, 11) is 0. The second kappa shape index (κ2) is 3.52. The zero-order chi connectivity index (χ0) is 11.2. The second-order valence-corrected chi connectivity index (χ2v) is 6.18. The molecule has 3 rings (SSSR count). The molecule has 0 aromatic heterocycles. The van der Waals surface area contributed by atoms with Gasteiger partial charge in [-0.25, -0.2) is 0 Å². The molecular formula is C13H15NOS. The van der Waals surface area contributed by atoms with Gasteiger partial charge in [-0.05, 0) is 37.5 Å². The smallest absolute Gasteiger partial charge is 0.241 e. The third-order valence-electron chi connectivity index (χ3n) is 3.51. The number of aryl methyl sites for hydroxylation is 1. The van der Waals surface area contributed by atoms with Crippen LogP contribution in [0.3, 0.4) is 0 Å². The van der Waals surface area contributed by atoms with E-state index in [1.54, 1.807) is 11.8 Å². The van der Waals surface area contributed by atoms with Gasteiger partial charge in [-0.2, -0.15) is 0 Å². The van der Waals surface area contributed by atoms with Gasteiger partial charge in [0.15, 0.2) is 0 Å². The van der Waals surface area contributed by atoms with E-state index in [1.807, 2.05) is 0 Å². The third kappa shape index (κ3) is 1.46. The van der Waals surface area contributed by atoms with E-state index in [9.17, 15) is 4.79 Å². The van der Waals surface area contributed by atoms with Crippen molar-refractivity contribution in [2.24, 2.45) is 0 Å². The maximum absolute atomic E-state index is 12.2. The quantitative estimate of drug-likeness (QED) is 0.744. The number of thioether (sulfide) groups is 1. The van der Waals surface area contributed by atoms with Crippen molar-refractivity contribution in [1.82, 2.24) is 0 Å². The molecular weight excluding hydrogens is 218 g/mol. The molecule has 1 saturated carbocycles. The van der Waals surface area contributed by atoms with E-state index in [0.717, 1.165) is 18.5 Å². The van der Waals surface area contributed by atoms with Crippen molar-refractivity contribution in [3.05, 3.63) is 23.8 Å². The molecule has 1 aliphatic carbocycles. The van der Waals surface area contributed by atoms with Crippen molar-refractivity contribution in [1.29, 1.82) is 0 Å². The Kier molecular flexibility index (Phi) is 2.25. The minimum absolute atomic E-state index is 0.164. The lowest BCUT2D eigenvalue weighted by Gasteiger charge is -2.32. The van der Waals surface area contributed by atoms with Gasteiger partial charge in [0.25, 0.3) is 0 Å². The molecule has 2 nitrogen and oxygen atoms in total. The number of rotatable bonds is 0. The second-order valence-electron chi connectivity index (χ2n) is 4.76. The first-order valence-electron chi connectivity index (χ1n) is 5.81. The van der Waals surface area contributed by atoms with Gasteiger partial charge in [0, 0.05) is 4.90 Å². The van der Waals surface area contributed by atoms with Gasteiger partial charge in [0.2, 0.25) is 5.91 Å². The van der Waals surface area contributed by atoms with Crippen LogP contribution in [0.25, 0.3) is 0 Å². The van der Waals surface area contributed by atoms with Crippen LogP contribution in [0.4, 0.5) is 5.69 Å². The highest BCUT2D eigenvalue weighted by Gasteiger charge is 2.45. The highest BCUT2D eigenvalue weighted by Crippen LogP contribution is 2.50. The van der Waals surface area contributed by atoms with E-state index in [4.69, 9.17) is 0 Å². The average Bonchev–Trinajstić information content (AvgIpc) is 2.70. The molecule has 1 aliphatic heterocycles. The molecule has 84 valence electrons. The molecule has 1 fully saturated rings. The zero-order valence-electron chi connectivity index (χ0n) is 9.38. The van der Waals surface area contributed by atoms with E-state index >= 15 is 0 Å². The lowest BCUT2D eigenvalue weighted by atomic mass is 10.1. The molecule has 1 heterocycles. The van der Waals surface area contributed by atoms with Crippen LogP contribution in [0.5, 0.6) is 0 Å². The van der Waals surface area contributed by atoms with E-state index in [0.29, 0.717) is 0 Å². The van der Waals surface area contributed by atoms with Crippen molar-refractivity contribution >= 4 is 23.4 Å². The molecule has 1 aromatic rings. The van der Waals surface area contributed by atoms with Gasteiger partial charge < -0.3 is 5.32 Å². The number of carbonyl (C=O) groups is 1. The van der Waals surface area contributed by atoms with Crippen LogP contribution < -0.4 is 5.32 Å². The molecule has 1 N–H and O–H groups in total. The number of hydrogen-bond acceptors (Lipinski definition) is 2. The predicted octanol–water partition coefficient (Wildman–Crippen LogP) is 3.35. The Balaban J connectivity index is 2.01. The first kappa shape index (κ1) is 10.2. The first-order chi connectivity index (χ1) is 7.70. The monoisotopic (exact) mass is 233 g/mol. The van der Waals surface area contributed by atoms with Crippen LogP contribution >= 0.6 is 11.8 Å². The predicted molar refractivity (Wildman–Crippen MR) is 66.9 cm³/mol. The average molecular weight is 233 g/mol. The molecule has 0 radical (unpaired) electrons. The number of fused-ring (bicyclic) bond motifs is 1. The highest BCUT2D eigenvalue weighted by atomic mass is 32.2. The van der Waals surface area contributed by atoms with Gasteiger partial charge in [-0.3, -0.25) is 4.79 Å². The molecule has 0 saturated heterocycles. The summed E-state index contributed by atoms with van der Waals surface area (Å²) < 4.78 is -0.164. The topological polar surface area (TPSA) is 29.1 Å². The van der Waals surface area contributed by atoms with Crippen LogP contribution in [-0.2, 0) is 4.79 Å². The van der Waals surface area contributed by atoms with E-state index in [1.165, 1.54) is 23.3 Å². The van der Waals surface area contributed by atoms with Crippen molar-refractivity contribution < 1.29 is 4.79 Å². The molecule has 0 unspecified atom stereocenters. The zero-order valence-corrected chi connectivity index (χ0v) is 10.2. The lowest BCUT2D eigenvalue weighted by molar-refractivity contribution is -0.118. The molecule has 1 spiro atoms. The third-order valence-corrected chi connectivity index (χ3v) is 5.07. The Bertz CT molecular complexity index is 449. The van der Waals surface area contributed by atoms with Crippen molar-refractivity contribution in [3.63, 3.8) is 0 Å². The molecule has 1 amide bonds. The van der Waals surface area contributed by atoms with Crippen LogP contribution in [0.2, 0.25) is 0 Å². The van der Waals surface area contributed by atoms with Crippen LogP contribution in [-0.4, -0.2) is 10.7 Å². The maximum Gasteiger partial charge on any atom is 0.241 e. The Morgan fingerprint density at radius 1 is 1.31 bits per heavy atom. The number of hydrogen-bond donors (Lipinski definition) is 1. The number of anilines is 1. The minimum atomic E-state index is -0.164. The number of benzene rings is 1. The van der Waals surface area contributed by atoms with Crippen molar-refractivity contribution in [2.45, 2.75) is 42.2 Å². The summed E-state index contributed by atoms with van der Waals surface area (Å²) in [5, 5.41) is 3.07. The highest BCUT2D eigenvalue weighted by molar-refractivity contribution is 8.01. The van der Waals surface area contributed by atoms with Crippen molar-refractivity contribution in [2.75, 3.05) is 5.32 Å². The Morgan fingerprint density at radius 3 is 2.81 bits per heavy atom. The summed E-state index contributed by atoms with van der Waals surface area (Å²) >= 11 is 1.77. The lowest BCUT2D eigenvalue weighted by Crippen LogP contribution is -2.40. The summed E-state index contributed by atoms with van der Waals surface area (Å²) in [6.45, 7) is 2.05. The van der Waals surface area contributed by atoms with Gasteiger partial charge in [-0.15, -0.1) is 11.8 Å².